The molecular weight excluding hydrogens is 278 g/mol. The van der Waals surface area contributed by atoms with E-state index in [0.717, 1.165) is 29.4 Å². The summed E-state index contributed by atoms with van der Waals surface area (Å²) in [7, 11) is 3.58. The largest absolute Gasteiger partial charge is 0.496 e. The number of aromatic nitrogens is 2. The number of rotatable bonds is 6. The summed E-state index contributed by atoms with van der Waals surface area (Å²) in [6.07, 6.45) is 3.79. The predicted octanol–water partition coefficient (Wildman–Crippen LogP) is 1.68. The lowest BCUT2D eigenvalue weighted by Crippen LogP contribution is -2.36. The van der Waals surface area contributed by atoms with Crippen molar-refractivity contribution in [2.45, 2.75) is 20.0 Å². The minimum absolute atomic E-state index is 0.592. The summed E-state index contributed by atoms with van der Waals surface area (Å²) in [6, 6.07) is 7.95. The molecule has 0 amide bonds. The smallest absolute Gasteiger partial charge is 0.191 e. The van der Waals surface area contributed by atoms with Gasteiger partial charge in [-0.3, -0.25) is 4.68 Å². The molecule has 118 valence electrons. The van der Waals surface area contributed by atoms with E-state index in [4.69, 9.17) is 4.74 Å². The van der Waals surface area contributed by atoms with Crippen LogP contribution in [0.15, 0.2) is 41.7 Å². The van der Waals surface area contributed by atoms with E-state index >= 15 is 0 Å². The van der Waals surface area contributed by atoms with E-state index in [9.17, 15) is 0 Å². The molecule has 0 saturated carbocycles. The first-order chi connectivity index (χ1) is 10.7. The molecule has 2 aromatic rings. The second kappa shape index (κ2) is 8.07. The molecule has 0 aliphatic heterocycles. The van der Waals surface area contributed by atoms with Crippen LogP contribution in [0.2, 0.25) is 0 Å². The van der Waals surface area contributed by atoms with Gasteiger partial charge in [0.15, 0.2) is 5.96 Å². The Morgan fingerprint density at radius 3 is 2.82 bits per heavy atom. The van der Waals surface area contributed by atoms with E-state index in [2.05, 4.69) is 20.7 Å². The molecule has 0 bridgehead atoms. The van der Waals surface area contributed by atoms with E-state index < -0.39 is 0 Å². The van der Waals surface area contributed by atoms with Crippen LogP contribution in [0.3, 0.4) is 0 Å². The van der Waals surface area contributed by atoms with Crippen LogP contribution in [-0.4, -0.2) is 29.4 Å². The number of para-hydroxylation sites is 1. The van der Waals surface area contributed by atoms with Gasteiger partial charge in [-0.05, 0) is 13.0 Å². The van der Waals surface area contributed by atoms with E-state index in [1.807, 2.05) is 50.6 Å². The van der Waals surface area contributed by atoms with Gasteiger partial charge in [-0.2, -0.15) is 5.10 Å². The number of aliphatic imine (C=N–C) groups is 1. The Balaban J connectivity index is 1.99. The SMILES string of the molecule is CCNC(=NCc1cnn(C)c1)NCc1ccccc1OC. The molecule has 2 N–H and O–H groups in total. The predicted molar refractivity (Wildman–Crippen MR) is 87.9 cm³/mol. The van der Waals surface area contributed by atoms with Crippen LogP contribution in [0.5, 0.6) is 5.75 Å². The van der Waals surface area contributed by atoms with Crippen LogP contribution in [-0.2, 0) is 20.1 Å². The molecule has 6 nitrogen and oxygen atoms in total. The van der Waals surface area contributed by atoms with Gasteiger partial charge >= 0.3 is 0 Å². The zero-order valence-electron chi connectivity index (χ0n) is 13.3. The average molecular weight is 301 g/mol. The van der Waals surface area contributed by atoms with Crippen molar-refractivity contribution < 1.29 is 4.74 Å². The number of aryl methyl sites for hydroxylation is 1. The van der Waals surface area contributed by atoms with Crippen molar-refractivity contribution in [1.82, 2.24) is 20.4 Å². The maximum absolute atomic E-state index is 5.36. The summed E-state index contributed by atoms with van der Waals surface area (Å²) in [5.74, 6) is 1.65. The Morgan fingerprint density at radius 1 is 1.32 bits per heavy atom. The highest BCUT2D eigenvalue weighted by atomic mass is 16.5. The number of hydrogen-bond donors (Lipinski definition) is 2. The quantitative estimate of drug-likeness (QED) is 0.629. The first kappa shape index (κ1) is 15.9. The monoisotopic (exact) mass is 301 g/mol. The maximum Gasteiger partial charge on any atom is 0.191 e. The first-order valence-electron chi connectivity index (χ1n) is 7.34. The van der Waals surface area contributed by atoms with Gasteiger partial charge in [0.25, 0.3) is 0 Å². The van der Waals surface area contributed by atoms with E-state index in [1.165, 1.54) is 0 Å². The number of nitrogens with one attached hydrogen (secondary N) is 2. The fourth-order valence-corrected chi connectivity index (χ4v) is 2.09. The summed E-state index contributed by atoms with van der Waals surface area (Å²) in [5.41, 5.74) is 2.17. The molecule has 0 aliphatic rings. The van der Waals surface area contributed by atoms with Crippen LogP contribution in [0.25, 0.3) is 0 Å². The molecule has 1 aromatic carbocycles. The lowest BCUT2D eigenvalue weighted by atomic mass is 10.2. The summed E-state index contributed by atoms with van der Waals surface area (Å²) >= 11 is 0. The van der Waals surface area contributed by atoms with Gasteiger partial charge in [-0.1, -0.05) is 18.2 Å². The van der Waals surface area contributed by atoms with Crippen LogP contribution in [0.4, 0.5) is 0 Å². The number of nitrogens with zero attached hydrogens (tertiary/aromatic N) is 3. The fourth-order valence-electron chi connectivity index (χ4n) is 2.09. The fraction of sp³-hybridized carbons (Fsp3) is 0.375. The summed E-state index contributed by atoms with van der Waals surface area (Å²) < 4.78 is 7.14. The van der Waals surface area contributed by atoms with Crippen molar-refractivity contribution in [3.8, 4) is 5.75 Å². The molecule has 1 aromatic heterocycles. The Kier molecular flexibility index (Phi) is 5.82. The number of ether oxygens (including phenoxy) is 1. The minimum atomic E-state index is 0.592. The van der Waals surface area contributed by atoms with Gasteiger partial charge in [0.05, 0.1) is 19.9 Å². The van der Waals surface area contributed by atoms with Crippen molar-refractivity contribution in [1.29, 1.82) is 0 Å². The van der Waals surface area contributed by atoms with Gasteiger partial charge in [-0.25, -0.2) is 4.99 Å². The highest BCUT2D eigenvalue weighted by Crippen LogP contribution is 2.16. The molecule has 0 radical (unpaired) electrons. The van der Waals surface area contributed by atoms with Crippen molar-refractivity contribution >= 4 is 5.96 Å². The van der Waals surface area contributed by atoms with Gasteiger partial charge in [0.2, 0.25) is 0 Å². The third kappa shape index (κ3) is 4.51. The molecule has 0 spiro atoms. The topological polar surface area (TPSA) is 63.5 Å². The Labute approximate surface area is 131 Å². The van der Waals surface area contributed by atoms with E-state index in [1.54, 1.807) is 11.8 Å². The summed E-state index contributed by atoms with van der Waals surface area (Å²) in [4.78, 5) is 4.57. The molecule has 0 unspecified atom stereocenters. The second-order valence-corrected chi connectivity index (χ2v) is 4.88. The first-order valence-corrected chi connectivity index (χ1v) is 7.34. The van der Waals surface area contributed by atoms with Crippen molar-refractivity contribution in [3.63, 3.8) is 0 Å². The van der Waals surface area contributed by atoms with E-state index in [-0.39, 0.29) is 0 Å². The summed E-state index contributed by atoms with van der Waals surface area (Å²) in [5, 5.41) is 10.7. The Bertz CT molecular complexity index is 621. The van der Waals surface area contributed by atoms with Gasteiger partial charge in [0.1, 0.15) is 5.75 Å². The van der Waals surface area contributed by atoms with E-state index in [0.29, 0.717) is 13.1 Å². The third-order valence-corrected chi connectivity index (χ3v) is 3.16. The van der Waals surface area contributed by atoms with Crippen molar-refractivity contribution in [3.05, 3.63) is 47.8 Å². The maximum atomic E-state index is 5.36. The lowest BCUT2D eigenvalue weighted by molar-refractivity contribution is 0.409. The molecule has 22 heavy (non-hydrogen) atoms. The van der Waals surface area contributed by atoms with Crippen molar-refractivity contribution in [2.24, 2.45) is 12.0 Å². The minimum Gasteiger partial charge on any atom is -0.496 e. The molecular formula is C16H23N5O. The average Bonchev–Trinajstić information content (AvgIpc) is 2.96. The Hall–Kier alpha value is -2.50. The van der Waals surface area contributed by atoms with Crippen LogP contribution in [0, 0.1) is 0 Å². The third-order valence-electron chi connectivity index (χ3n) is 3.16. The highest BCUT2D eigenvalue weighted by molar-refractivity contribution is 5.79. The number of guanidine groups is 1. The normalized spacial score (nSPS) is 11.3. The number of hydrogen-bond acceptors (Lipinski definition) is 3. The molecule has 0 aliphatic carbocycles. The Morgan fingerprint density at radius 2 is 2.14 bits per heavy atom. The highest BCUT2D eigenvalue weighted by Gasteiger charge is 2.03. The van der Waals surface area contributed by atoms with Gasteiger partial charge in [-0.15, -0.1) is 0 Å². The van der Waals surface area contributed by atoms with Gasteiger partial charge in [0, 0.05) is 37.5 Å². The molecule has 2 rings (SSSR count). The lowest BCUT2D eigenvalue weighted by Gasteiger charge is -2.13. The standard InChI is InChI=1S/C16H23N5O/c1-4-17-16(18-9-13-10-20-21(2)12-13)19-11-14-7-5-6-8-15(14)22-3/h5-8,10,12H,4,9,11H2,1-3H3,(H2,17,18,19). The molecule has 1 heterocycles. The molecule has 0 atom stereocenters. The number of benzene rings is 1. The number of methoxy groups -OCH3 is 1. The summed E-state index contributed by atoms with van der Waals surface area (Å²) in [6.45, 7) is 4.10. The zero-order valence-corrected chi connectivity index (χ0v) is 13.3. The molecule has 6 heteroatoms. The van der Waals surface area contributed by atoms with Crippen LogP contribution < -0.4 is 15.4 Å². The zero-order chi connectivity index (χ0) is 15.8. The van der Waals surface area contributed by atoms with Gasteiger partial charge < -0.3 is 15.4 Å². The molecule has 0 saturated heterocycles. The van der Waals surface area contributed by atoms with Crippen molar-refractivity contribution in [2.75, 3.05) is 13.7 Å². The molecule has 0 fully saturated rings. The second-order valence-electron chi connectivity index (χ2n) is 4.88. The van der Waals surface area contributed by atoms with Crippen LogP contribution in [0.1, 0.15) is 18.1 Å². The van der Waals surface area contributed by atoms with Crippen LogP contribution >= 0.6 is 0 Å².